The van der Waals surface area contributed by atoms with Crippen molar-refractivity contribution in [1.29, 1.82) is 0 Å². The highest BCUT2D eigenvalue weighted by Crippen LogP contribution is 2.29. The van der Waals surface area contributed by atoms with Gasteiger partial charge in [0.15, 0.2) is 4.96 Å². The highest BCUT2D eigenvalue weighted by molar-refractivity contribution is 7.15. The maximum atomic E-state index is 12.6. The number of hydrogen-bond acceptors (Lipinski definition) is 4. The van der Waals surface area contributed by atoms with Gasteiger partial charge in [-0.2, -0.15) is 0 Å². The molecule has 0 saturated carbocycles. The molecule has 1 amide bonds. The van der Waals surface area contributed by atoms with Gasteiger partial charge in [0.05, 0.1) is 15.6 Å². The molecule has 0 aliphatic heterocycles. The first kappa shape index (κ1) is 15.7. The van der Waals surface area contributed by atoms with Crippen LogP contribution in [0.3, 0.4) is 0 Å². The van der Waals surface area contributed by atoms with E-state index in [1.54, 1.807) is 39.3 Å². The molecule has 1 N–H and O–H groups in total. The van der Waals surface area contributed by atoms with E-state index in [0.717, 1.165) is 15.5 Å². The number of thiophene rings is 1. The minimum Gasteiger partial charge on any atom is -0.319 e. The Balaban J connectivity index is 1.68. The summed E-state index contributed by atoms with van der Waals surface area (Å²) in [7, 11) is 0. The average molecular weight is 394 g/mol. The van der Waals surface area contributed by atoms with Gasteiger partial charge in [0, 0.05) is 16.6 Å². The van der Waals surface area contributed by atoms with Crippen LogP contribution in [0.25, 0.3) is 15.5 Å². The molecule has 8 heteroatoms. The second-order valence-electron chi connectivity index (χ2n) is 4.96. The van der Waals surface area contributed by atoms with Crippen molar-refractivity contribution in [3.8, 4) is 10.6 Å². The molecule has 4 rings (SSSR count). The van der Waals surface area contributed by atoms with Crippen LogP contribution in [0.5, 0.6) is 0 Å². The third kappa shape index (κ3) is 2.82. The summed E-state index contributed by atoms with van der Waals surface area (Å²) in [6, 6.07) is 8.92. The molecule has 0 spiro atoms. The van der Waals surface area contributed by atoms with Crippen molar-refractivity contribution in [2.45, 2.75) is 0 Å². The molecule has 0 aliphatic carbocycles. The minimum absolute atomic E-state index is 0.263. The molecule has 0 fully saturated rings. The van der Waals surface area contributed by atoms with Gasteiger partial charge in [0.1, 0.15) is 11.4 Å². The molecule has 1 aromatic carbocycles. The van der Waals surface area contributed by atoms with Gasteiger partial charge in [-0.1, -0.05) is 29.3 Å². The summed E-state index contributed by atoms with van der Waals surface area (Å²) in [5.41, 5.74) is 1.83. The summed E-state index contributed by atoms with van der Waals surface area (Å²) in [5.74, 6) is -0.263. The topological polar surface area (TPSA) is 46.4 Å². The molecular weight excluding hydrogens is 385 g/mol. The molecule has 120 valence electrons. The molecule has 4 aromatic rings. The SMILES string of the molecule is O=C(Nc1cc(Cl)ccc1Cl)c1csc2nc(-c3cccs3)cn12. The zero-order valence-corrected chi connectivity index (χ0v) is 15.1. The number of fused-ring (bicyclic) bond motifs is 1. The fourth-order valence-electron chi connectivity index (χ4n) is 2.27. The van der Waals surface area contributed by atoms with E-state index in [2.05, 4.69) is 10.3 Å². The Morgan fingerprint density at radius 1 is 1.21 bits per heavy atom. The number of aromatic nitrogens is 2. The van der Waals surface area contributed by atoms with Crippen LogP contribution in [-0.4, -0.2) is 15.3 Å². The van der Waals surface area contributed by atoms with Gasteiger partial charge in [0.25, 0.3) is 5.91 Å². The fraction of sp³-hybridized carbons (Fsp3) is 0. The Hall–Kier alpha value is -1.86. The number of carbonyl (C=O) groups is 1. The van der Waals surface area contributed by atoms with Crippen LogP contribution in [0.2, 0.25) is 10.0 Å². The van der Waals surface area contributed by atoms with Crippen LogP contribution in [0, 0.1) is 0 Å². The van der Waals surface area contributed by atoms with E-state index in [-0.39, 0.29) is 5.91 Å². The van der Waals surface area contributed by atoms with Crippen molar-refractivity contribution in [1.82, 2.24) is 9.38 Å². The zero-order valence-electron chi connectivity index (χ0n) is 12.0. The van der Waals surface area contributed by atoms with E-state index >= 15 is 0 Å². The van der Waals surface area contributed by atoms with Gasteiger partial charge in [-0.3, -0.25) is 9.20 Å². The fourth-order valence-corrected chi connectivity index (χ4v) is 4.14. The normalized spacial score (nSPS) is 11.1. The monoisotopic (exact) mass is 393 g/mol. The highest BCUT2D eigenvalue weighted by atomic mass is 35.5. The van der Waals surface area contributed by atoms with Crippen LogP contribution in [0.15, 0.2) is 47.3 Å². The zero-order chi connectivity index (χ0) is 16.7. The van der Waals surface area contributed by atoms with E-state index in [4.69, 9.17) is 23.2 Å². The molecule has 0 saturated heterocycles. The van der Waals surface area contributed by atoms with Gasteiger partial charge in [-0.15, -0.1) is 22.7 Å². The number of rotatable bonds is 3. The van der Waals surface area contributed by atoms with Crippen LogP contribution in [0.4, 0.5) is 5.69 Å². The van der Waals surface area contributed by atoms with Crippen LogP contribution in [0.1, 0.15) is 10.5 Å². The summed E-state index contributed by atoms with van der Waals surface area (Å²) in [4.78, 5) is 19.0. The molecule has 0 bridgehead atoms. The molecule has 0 unspecified atom stereocenters. The van der Waals surface area contributed by atoms with E-state index in [1.165, 1.54) is 11.3 Å². The number of thiazole rings is 1. The standard InChI is InChI=1S/C16H9Cl2N3OS2/c17-9-3-4-10(18)11(6-9)19-15(22)13-8-24-16-20-12(7-21(13)16)14-2-1-5-23-14/h1-8H,(H,19,22). The number of amides is 1. The number of halogens is 2. The number of hydrogen-bond donors (Lipinski definition) is 1. The lowest BCUT2D eigenvalue weighted by molar-refractivity contribution is 0.102. The summed E-state index contributed by atoms with van der Waals surface area (Å²) < 4.78 is 1.79. The van der Waals surface area contributed by atoms with Crippen molar-refractivity contribution in [3.63, 3.8) is 0 Å². The Kier molecular flexibility index (Phi) is 4.05. The smallest absolute Gasteiger partial charge is 0.273 e. The number of imidazole rings is 1. The third-order valence-electron chi connectivity index (χ3n) is 3.39. The van der Waals surface area contributed by atoms with Crippen LogP contribution >= 0.6 is 45.9 Å². The summed E-state index contributed by atoms with van der Waals surface area (Å²) >= 11 is 15.1. The summed E-state index contributed by atoms with van der Waals surface area (Å²) in [6.45, 7) is 0. The van der Waals surface area contributed by atoms with Crippen molar-refractivity contribution >= 4 is 62.4 Å². The maximum Gasteiger partial charge on any atom is 0.273 e. The number of anilines is 1. The van der Waals surface area contributed by atoms with Gasteiger partial charge in [-0.25, -0.2) is 4.98 Å². The van der Waals surface area contributed by atoms with Gasteiger partial charge in [0.2, 0.25) is 0 Å². The number of nitrogens with one attached hydrogen (secondary N) is 1. The van der Waals surface area contributed by atoms with E-state index < -0.39 is 0 Å². The van der Waals surface area contributed by atoms with E-state index in [0.29, 0.717) is 21.4 Å². The molecule has 3 heterocycles. The Bertz CT molecular complexity index is 1040. The van der Waals surface area contributed by atoms with Crippen molar-refractivity contribution in [2.75, 3.05) is 5.32 Å². The lowest BCUT2D eigenvalue weighted by atomic mass is 10.3. The molecule has 4 nitrogen and oxygen atoms in total. The van der Waals surface area contributed by atoms with Gasteiger partial charge in [-0.05, 0) is 29.6 Å². The third-order valence-corrected chi connectivity index (χ3v) is 5.69. The van der Waals surface area contributed by atoms with Crippen molar-refractivity contribution in [3.05, 3.63) is 63.0 Å². The Morgan fingerprint density at radius 3 is 2.88 bits per heavy atom. The highest BCUT2D eigenvalue weighted by Gasteiger charge is 2.16. The molecular formula is C16H9Cl2N3OS2. The first-order valence-electron chi connectivity index (χ1n) is 6.89. The Labute approximate surface area is 155 Å². The molecule has 3 aromatic heterocycles. The molecule has 24 heavy (non-hydrogen) atoms. The lowest BCUT2D eigenvalue weighted by Crippen LogP contribution is -2.14. The number of carbonyl (C=O) groups excluding carboxylic acids is 1. The van der Waals surface area contributed by atoms with Gasteiger partial charge < -0.3 is 5.32 Å². The second kappa shape index (κ2) is 6.22. The van der Waals surface area contributed by atoms with Gasteiger partial charge >= 0.3 is 0 Å². The summed E-state index contributed by atoms with van der Waals surface area (Å²) in [6.07, 6.45) is 1.87. The maximum absolute atomic E-state index is 12.6. The largest absolute Gasteiger partial charge is 0.319 e. The van der Waals surface area contributed by atoms with Crippen molar-refractivity contribution in [2.24, 2.45) is 0 Å². The Morgan fingerprint density at radius 2 is 2.08 bits per heavy atom. The first-order valence-corrected chi connectivity index (χ1v) is 9.40. The van der Waals surface area contributed by atoms with Crippen LogP contribution < -0.4 is 5.32 Å². The van der Waals surface area contributed by atoms with Crippen LogP contribution in [-0.2, 0) is 0 Å². The first-order chi connectivity index (χ1) is 11.6. The lowest BCUT2D eigenvalue weighted by Gasteiger charge is -2.07. The average Bonchev–Trinajstić information content (AvgIpc) is 3.25. The van der Waals surface area contributed by atoms with E-state index in [9.17, 15) is 4.79 Å². The summed E-state index contributed by atoms with van der Waals surface area (Å²) in [5, 5.41) is 7.51. The molecule has 0 aliphatic rings. The predicted molar refractivity (Wildman–Crippen MR) is 101 cm³/mol. The minimum atomic E-state index is -0.263. The van der Waals surface area contributed by atoms with Crippen molar-refractivity contribution < 1.29 is 4.79 Å². The molecule has 0 radical (unpaired) electrons. The quantitative estimate of drug-likeness (QED) is 0.486. The van der Waals surface area contributed by atoms with E-state index in [1.807, 2.05) is 23.7 Å². The number of nitrogens with zero attached hydrogens (tertiary/aromatic N) is 2. The predicted octanol–water partition coefficient (Wildman–Crippen LogP) is 5.68. The number of benzene rings is 1. The molecule has 0 atom stereocenters. The second-order valence-corrected chi connectivity index (χ2v) is 7.58.